The number of anilines is 3. The number of carbonyl (C=O) groups excluding carboxylic acids is 1. The van der Waals surface area contributed by atoms with E-state index >= 15 is 0 Å². The lowest BCUT2D eigenvalue weighted by molar-refractivity contribution is 0.0458. The normalized spacial score (nSPS) is 10.3. The third-order valence-corrected chi connectivity index (χ3v) is 3.81. The fraction of sp³-hybridized carbons (Fsp3) is 0.158. The number of hydrogen-bond donors (Lipinski definition) is 3. The van der Waals surface area contributed by atoms with Crippen LogP contribution in [0.15, 0.2) is 42.5 Å². The van der Waals surface area contributed by atoms with Crippen LogP contribution in [-0.2, 0) is 11.3 Å². The number of nitrogen functional groups attached to an aromatic ring is 1. The molecule has 0 saturated carbocycles. The van der Waals surface area contributed by atoms with Crippen LogP contribution in [-0.4, -0.2) is 40.2 Å². The predicted molar refractivity (Wildman–Crippen MR) is 104 cm³/mol. The molecule has 0 radical (unpaired) electrons. The quantitative estimate of drug-likeness (QED) is 0.508. The molecule has 10 heteroatoms. The van der Waals surface area contributed by atoms with Gasteiger partial charge in [0.1, 0.15) is 22.8 Å². The molecule has 150 valence electrons. The van der Waals surface area contributed by atoms with E-state index in [0.29, 0.717) is 17.2 Å². The van der Waals surface area contributed by atoms with E-state index in [1.165, 1.54) is 25.3 Å². The van der Waals surface area contributed by atoms with Gasteiger partial charge in [0.15, 0.2) is 12.4 Å². The standard InChI is InChI=1S/C19H19N5O5/c1-27-11-7-8-14(25)12(9-11)17(26)29-10-16-22-18(20)24-19(23-16)21-13-5-3-4-6-15(13)28-2/h3-9,25H,10H2,1-2H3,(H3,20,21,22,23,24). The number of carbonyl (C=O) groups is 1. The van der Waals surface area contributed by atoms with Crippen molar-refractivity contribution < 1.29 is 24.1 Å². The van der Waals surface area contributed by atoms with Crippen LogP contribution >= 0.6 is 0 Å². The van der Waals surface area contributed by atoms with Crippen molar-refractivity contribution >= 4 is 23.6 Å². The number of nitrogens with one attached hydrogen (secondary N) is 1. The second kappa shape index (κ2) is 8.74. The molecule has 0 aliphatic carbocycles. The lowest BCUT2D eigenvalue weighted by atomic mass is 10.2. The number of ether oxygens (including phenoxy) is 3. The number of rotatable bonds is 7. The van der Waals surface area contributed by atoms with Gasteiger partial charge in [-0.15, -0.1) is 0 Å². The zero-order chi connectivity index (χ0) is 20.8. The van der Waals surface area contributed by atoms with Gasteiger partial charge in [0, 0.05) is 0 Å². The average Bonchev–Trinajstić information content (AvgIpc) is 2.72. The third kappa shape index (κ3) is 4.80. The van der Waals surface area contributed by atoms with Gasteiger partial charge >= 0.3 is 5.97 Å². The highest BCUT2D eigenvalue weighted by Crippen LogP contribution is 2.26. The van der Waals surface area contributed by atoms with Crippen molar-refractivity contribution in [2.45, 2.75) is 6.61 Å². The minimum absolute atomic E-state index is 0.0428. The van der Waals surface area contributed by atoms with E-state index in [2.05, 4.69) is 20.3 Å². The molecule has 0 aliphatic rings. The first kappa shape index (κ1) is 19.7. The number of nitrogens with zero attached hydrogens (tertiary/aromatic N) is 3. The van der Waals surface area contributed by atoms with Gasteiger partial charge in [-0.2, -0.15) is 15.0 Å². The monoisotopic (exact) mass is 397 g/mol. The van der Waals surface area contributed by atoms with Crippen molar-refractivity contribution in [2.24, 2.45) is 0 Å². The highest BCUT2D eigenvalue weighted by Gasteiger charge is 2.16. The Labute approximate surface area is 166 Å². The summed E-state index contributed by atoms with van der Waals surface area (Å²) in [7, 11) is 2.99. The van der Waals surface area contributed by atoms with Crippen LogP contribution in [0.5, 0.6) is 17.2 Å². The van der Waals surface area contributed by atoms with Gasteiger partial charge in [0.2, 0.25) is 11.9 Å². The van der Waals surface area contributed by atoms with Gasteiger partial charge in [-0.1, -0.05) is 12.1 Å². The predicted octanol–water partition coefficient (Wildman–Crippen LogP) is 2.28. The third-order valence-electron chi connectivity index (χ3n) is 3.81. The summed E-state index contributed by atoms with van der Waals surface area (Å²) in [5.41, 5.74) is 6.32. The van der Waals surface area contributed by atoms with Crippen LogP contribution < -0.4 is 20.5 Å². The van der Waals surface area contributed by atoms with E-state index in [1.54, 1.807) is 19.2 Å². The average molecular weight is 397 g/mol. The molecule has 3 rings (SSSR count). The number of phenols is 1. The van der Waals surface area contributed by atoms with E-state index in [0.717, 1.165) is 0 Å². The van der Waals surface area contributed by atoms with Gasteiger partial charge in [-0.3, -0.25) is 0 Å². The van der Waals surface area contributed by atoms with Gasteiger partial charge in [-0.25, -0.2) is 4.79 Å². The minimum Gasteiger partial charge on any atom is -0.507 e. The van der Waals surface area contributed by atoms with Crippen molar-refractivity contribution in [1.29, 1.82) is 0 Å². The summed E-state index contributed by atoms with van der Waals surface area (Å²) in [6, 6.07) is 11.4. The Morgan fingerprint density at radius 2 is 1.90 bits per heavy atom. The molecule has 29 heavy (non-hydrogen) atoms. The number of methoxy groups -OCH3 is 2. The first-order chi connectivity index (χ1) is 14.0. The summed E-state index contributed by atoms with van der Waals surface area (Å²) in [5, 5.41) is 12.8. The zero-order valence-electron chi connectivity index (χ0n) is 15.7. The SMILES string of the molecule is COc1ccc(O)c(C(=O)OCc2nc(N)nc(Nc3ccccc3OC)n2)c1. The molecule has 1 aromatic heterocycles. The molecule has 1 heterocycles. The fourth-order valence-corrected chi connectivity index (χ4v) is 2.44. The number of aromatic nitrogens is 3. The van der Waals surface area contributed by atoms with Crippen molar-refractivity contribution in [3.8, 4) is 17.2 Å². The highest BCUT2D eigenvalue weighted by atomic mass is 16.5. The lowest BCUT2D eigenvalue weighted by Gasteiger charge is -2.11. The number of benzene rings is 2. The second-order valence-corrected chi connectivity index (χ2v) is 5.72. The van der Waals surface area contributed by atoms with Crippen molar-refractivity contribution in [2.75, 3.05) is 25.3 Å². The van der Waals surface area contributed by atoms with E-state index in [1.807, 2.05) is 12.1 Å². The van der Waals surface area contributed by atoms with Crippen LogP contribution in [0.2, 0.25) is 0 Å². The molecular weight excluding hydrogens is 378 g/mol. The molecule has 0 fully saturated rings. The van der Waals surface area contributed by atoms with Gasteiger partial charge in [0.05, 0.1) is 19.9 Å². The summed E-state index contributed by atoms with van der Waals surface area (Å²) in [5.74, 6) is 0.245. The van der Waals surface area contributed by atoms with Gasteiger partial charge < -0.3 is 30.4 Å². The molecule has 0 spiro atoms. The Balaban J connectivity index is 1.74. The van der Waals surface area contributed by atoms with Crippen molar-refractivity contribution in [3.05, 3.63) is 53.9 Å². The molecular formula is C19H19N5O5. The fourth-order valence-electron chi connectivity index (χ4n) is 2.44. The number of hydrogen-bond acceptors (Lipinski definition) is 10. The molecule has 0 amide bonds. The van der Waals surface area contributed by atoms with Crippen LogP contribution in [0.3, 0.4) is 0 Å². The molecule has 0 atom stereocenters. The number of phenolic OH excluding ortho intramolecular Hbond substituents is 1. The summed E-state index contributed by atoms with van der Waals surface area (Å²) in [4.78, 5) is 24.4. The maximum Gasteiger partial charge on any atom is 0.342 e. The van der Waals surface area contributed by atoms with E-state index in [-0.39, 0.29) is 35.6 Å². The molecule has 3 aromatic rings. The van der Waals surface area contributed by atoms with Crippen molar-refractivity contribution in [1.82, 2.24) is 15.0 Å². The number of nitrogens with two attached hydrogens (primary N) is 1. The van der Waals surface area contributed by atoms with E-state index in [9.17, 15) is 9.90 Å². The Hall–Kier alpha value is -4.08. The summed E-state index contributed by atoms with van der Waals surface area (Å²) in [6.45, 7) is -0.275. The molecule has 0 aliphatic heterocycles. The summed E-state index contributed by atoms with van der Waals surface area (Å²) < 4.78 is 15.5. The van der Waals surface area contributed by atoms with Crippen LogP contribution in [0.1, 0.15) is 16.2 Å². The summed E-state index contributed by atoms with van der Waals surface area (Å²) in [6.07, 6.45) is 0. The topological polar surface area (TPSA) is 142 Å². The second-order valence-electron chi connectivity index (χ2n) is 5.72. The first-order valence-corrected chi connectivity index (χ1v) is 8.44. The van der Waals surface area contributed by atoms with Gasteiger partial charge in [0.25, 0.3) is 0 Å². The lowest BCUT2D eigenvalue weighted by Crippen LogP contribution is -2.11. The van der Waals surface area contributed by atoms with Crippen LogP contribution in [0.4, 0.5) is 17.6 Å². The number of esters is 1. The number of para-hydroxylation sites is 2. The highest BCUT2D eigenvalue weighted by molar-refractivity contribution is 5.92. The molecule has 0 unspecified atom stereocenters. The van der Waals surface area contributed by atoms with E-state index < -0.39 is 5.97 Å². The maximum absolute atomic E-state index is 12.3. The minimum atomic E-state index is -0.764. The molecule has 10 nitrogen and oxygen atoms in total. The maximum atomic E-state index is 12.3. The molecule has 4 N–H and O–H groups in total. The smallest absolute Gasteiger partial charge is 0.342 e. The van der Waals surface area contributed by atoms with Crippen LogP contribution in [0, 0.1) is 0 Å². The summed E-state index contributed by atoms with van der Waals surface area (Å²) >= 11 is 0. The Morgan fingerprint density at radius 1 is 1.10 bits per heavy atom. The van der Waals surface area contributed by atoms with Crippen molar-refractivity contribution in [3.63, 3.8) is 0 Å². The molecule has 0 saturated heterocycles. The first-order valence-electron chi connectivity index (χ1n) is 8.44. The Kier molecular flexibility index (Phi) is 5.93. The largest absolute Gasteiger partial charge is 0.507 e. The van der Waals surface area contributed by atoms with Crippen LogP contribution in [0.25, 0.3) is 0 Å². The van der Waals surface area contributed by atoms with E-state index in [4.69, 9.17) is 19.9 Å². The zero-order valence-corrected chi connectivity index (χ0v) is 15.7. The number of aromatic hydroxyl groups is 1. The Morgan fingerprint density at radius 3 is 2.66 bits per heavy atom. The molecule has 0 bridgehead atoms. The Bertz CT molecular complexity index is 1030. The molecule has 2 aromatic carbocycles. The van der Waals surface area contributed by atoms with Gasteiger partial charge in [-0.05, 0) is 30.3 Å².